The van der Waals surface area contributed by atoms with Crippen LogP contribution >= 0.6 is 22.9 Å². The zero-order valence-electron chi connectivity index (χ0n) is 8.53. The summed E-state index contributed by atoms with van der Waals surface area (Å²) in [5, 5.41) is 1.45. The van der Waals surface area contributed by atoms with Gasteiger partial charge < -0.3 is 5.73 Å². The second kappa shape index (κ2) is 4.23. The molecule has 2 N–H and O–H groups in total. The van der Waals surface area contributed by atoms with Crippen LogP contribution in [0, 0.1) is 6.92 Å². The fourth-order valence-corrected chi connectivity index (χ4v) is 2.39. The van der Waals surface area contributed by atoms with E-state index in [0.717, 1.165) is 10.6 Å². The Morgan fingerprint density at radius 2 is 2.00 bits per heavy atom. The second-order valence-electron chi connectivity index (χ2n) is 3.30. The predicted molar refractivity (Wildman–Crippen MR) is 65.8 cm³/mol. The normalized spacial score (nSPS) is 10.4. The first kappa shape index (κ1) is 11.1. The maximum atomic E-state index is 11.1. The summed E-state index contributed by atoms with van der Waals surface area (Å²) in [6.07, 6.45) is 0. The van der Waals surface area contributed by atoms with Crippen molar-refractivity contribution in [3.63, 3.8) is 0 Å². The highest BCUT2D eigenvalue weighted by Gasteiger charge is 2.13. The van der Waals surface area contributed by atoms with Crippen molar-refractivity contribution in [2.75, 3.05) is 0 Å². The van der Waals surface area contributed by atoms with Gasteiger partial charge in [0.2, 0.25) is 0 Å². The van der Waals surface area contributed by atoms with Crippen LogP contribution in [-0.4, -0.2) is 10.9 Å². The molecule has 1 aromatic carbocycles. The summed E-state index contributed by atoms with van der Waals surface area (Å²) in [4.78, 5) is 15.9. The molecule has 0 aliphatic rings. The summed E-state index contributed by atoms with van der Waals surface area (Å²) < 4.78 is 0. The number of carbonyl (C=O) groups is 1. The highest BCUT2D eigenvalue weighted by Crippen LogP contribution is 2.28. The Morgan fingerprint density at radius 3 is 2.50 bits per heavy atom. The van der Waals surface area contributed by atoms with E-state index >= 15 is 0 Å². The Morgan fingerprint density at radius 1 is 1.38 bits per heavy atom. The first-order valence-electron chi connectivity index (χ1n) is 4.61. The molecule has 0 atom stereocenters. The average molecular weight is 253 g/mol. The van der Waals surface area contributed by atoms with Gasteiger partial charge in [-0.3, -0.25) is 4.79 Å². The lowest BCUT2D eigenvalue weighted by Gasteiger charge is -1.94. The molecule has 1 heterocycles. The van der Waals surface area contributed by atoms with Gasteiger partial charge >= 0.3 is 0 Å². The van der Waals surface area contributed by atoms with Gasteiger partial charge in [0.05, 0.1) is 5.69 Å². The largest absolute Gasteiger partial charge is 0.365 e. The number of nitrogens with zero attached hydrogens (tertiary/aromatic N) is 1. The molecule has 0 aliphatic carbocycles. The number of amides is 1. The van der Waals surface area contributed by atoms with E-state index in [1.165, 1.54) is 11.3 Å². The van der Waals surface area contributed by atoms with Crippen LogP contribution in [0.15, 0.2) is 24.3 Å². The van der Waals surface area contributed by atoms with E-state index in [-0.39, 0.29) is 0 Å². The van der Waals surface area contributed by atoms with E-state index in [1.807, 2.05) is 12.1 Å². The van der Waals surface area contributed by atoms with Crippen LogP contribution in [0.25, 0.3) is 10.6 Å². The number of hydrogen-bond donors (Lipinski definition) is 1. The number of hydrogen-bond acceptors (Lipinski definition) is 3. The maximum Gasteiger partial charge on any atom is 0.260 e. The van der Waals surface area contributed by atoms with E-state index in [4.69, 9.17) is 17.3 Å². The van der Waals surface area contributed by atoms with Gasteiger partial charge in [0, 0.05) is 10.6 Å². The summed E-state index contributed by atoms with van der Waals surface area (Å²) in [6.45, 7) is 1.77. The summed E-state index contributed by atoms with van der Waals surface area (Å²) in [7, 11) is 0. The highest BCUT2D eigenvalue weighted by molar-refractivity contribution is 7.17. The minimum absolute atomic E-state index is 0.435. The summed E-state index contributed by atoms with van der Waals surface area (Å²) >= 11 is 7.09. The molecule has 82 valence electrons. The molecule has 5 heteroatoms. The fraction of sp³-hybridized carbons (Fsp3) is 0.0909. The molecular weight excluding hydrogens is 244 g/mol. The van der Waals surface area contributed by atoms with E-state index < -0.39 is 5.91 Å². The highest BCUT2D eigenvalue weighted by atomic mass is 35.5. The molecule has 0 saturated carbocycles. The lowest BCUT2D eigenvalue weighted by molar-refractivity contribution is 0.100. The van der Waals surface area contributed by atoms with E-state index in [0.29, 0.717) is 15.6 Å². The van der Waals surface area contributed by atoms with Gasteiger partial charge in [-0.1, -0.05) is 23.7 Å². The molecule has 16 heavy (non-hydrogen) atoms. The van der Waals surface area contributed by atoms with Gasteiger partial charge in [0.25, 0.3) is 5.91 Å². The van der Waals surface area contributed by atoms with Crippen molar-refractivity contribution in [2.24, 2.45) is 5.73 Å². The SMILES string of the molecule is Cc1nc(-c2ccc(Cl)cc2)sc1C(N)=O. The van der Waals surface area contributed by atoms with Crippen molar-refractivity contribution in [2.45, 2.75) is 6.92 Å². The molecule has 0 saturated heterocycles. The van der Waals surface area contributed by atoms with Crippen LogP contribution in [0.3, 0.4) is 0 Å². The van der Waals surface area contributed by atoms with Crippen molar-refractivity contribution in [1.82, 2.24) is 4.98 Å². The molecule has 3 nitrogen and oxygen atoms in total. The lowest BCUT2D eigenvalue weighted by Crippen LogP contribution is -2.09. The van der Waals surface area contributed by atoms with E-state index in [1.54, 1.807) is 19.1 Å². The number of primary amides is 1. The van der Waals surface area contributed by atoms with Crippen LogP contribution in [0.2, 0.25) is 5.02 Å². The number of nitrogens with two attached hydrogens (primary N) is 1. The summed E-state index contributed by atoms with van der Waals surface area (Å²) in [5.41, 5.74) is 6.84. The van der Waals surface area contributed by atoms with Crippen molar-refractivity contribution in [3.05, 3.63) is 39.9 Å². The van der Waals surface area contributed by atoms with Crippen LogP contribution in [0.5, 0.6) is 0 Å². The molecule has 1 amide bonds. The molecule has 2 rings (SSSR count). The fourth-order valence-electron chi connectivity index (χ4n) is 1.34. The van der Waals surface area contributed by atoms with Gasteiger partial charge in [-0.2, -0.15) is 0 Å². The van der Waals surface area contributed by atoms with Gasteiger partial charge in [-0.15, -0.1) is 11.3 Å². The number of carbonyl (C=O) groups excluding carboxylic acids is 1. The quantitative estimate of drug-likeness (QED) is 0.894. The number of halogens is 1. The summed E-state index contributed by atoms with van der Waals surface area (Å²) in [6, 6.07) is 7.31. The van der Waals surface area contributed by atoms with Crippen LogP contribution < -0.4 is 5.73 Å². The first-order valence-corrected chi connectivity index (χ1v) is 5.80. The Labute approximate surface area is 102 Å². The number of benzene rings is 1. The first-order chi connectivity index (χ1) is 7.58. The van der Waals surface area contributed by atoms with Gasteiger partial charge in [0.15, 0.2) is 0 Å². The predicted octanol–water partition coefficient (Wildman–Crippen LogP) is 2.87. The smallest absolute Gasteiger partial charge is 0.260 e. The molecule has 0 radical (unpaired) electrons. The molecule has 0 spiro atoms. The second-order valence-corrected chi connectivity index (χ2v) is 4.74. The van der Waals surface area contributed by atoms with E-state index in [9.17, 15) is 4.79 Å². The van der Waals surface area contributed by atoms with Crippen molar-refractivity contribution < 1.29 is 4.79 Å². The third-order valence-electron chi connectivity index (χ3n) is 2.11. The topological polar surface area (TPSA) is 56.0 Å². The minimum atomic E-state index is -0.435. The van der Waals surface area contributed by atoms with Gasteiger partial charge in [-0.25, -0.2) is 4.98 Å². The summed E-state index contributed by atoms with van der Waals surface area (Å²) in [5.74, 6) is -0.435. The van der Waals surface area contributed by atoms with Crippen LogP contribution in [0.1, 0.15) is 15.4 Å². The molecule has 0 bridgehead atoms. The number of rotatable bonds is 2. The Hall–Kier alpha value is -1.39. The molecule has 2 aromatic rings. The molecule has 0 unspecified atom stereocenters. The lowest BCUT2D eigenvalue weighted by atomic mass is 10.2. The van der Waals surface area contributed by atoms with Crippen molar-refractivity contribution >= 4 is 28.8 Å². The number of aryl methyl sites for hydroxylation is 1. The van der Waals surface area contributed by atoms with Gasteiger partial charge in [-0.05, 0) is 19.1 Å². The molecule has 0 aliphatic heterocycles. The Balaban J connectivity index is 2.45. The third kappa shape index (κ3) is 2.08. The van der Waals surface area contributed by atoms with Crippen LogP contribution in [0.4, 0.5) is 0 Å². The molecule has 0 fully saturated rings. The monoisotopic (exact) mass is 252 g/mol. The van der Waals surface area contributed by atoms with Crippen molar-refractivity contribution in [3.8, 4) is 10.6 Å². The van der Waals surface area contributed by atoms with Crippen molar-refractivity contribution in [1.29, 1.82) is 0 Å². The number of thiazole rings is 1. The Bertz CT molecular complexity index is 533. The molecular formula is C11H9ClN2OS. The standard InChI is InChI=1S/C11H9ClN2OS/c1-6-9(10(13)15)16-11(14-6)7-2-4-8(12)5-3-7/h2-5H,1H3,(H2,13,15). The average Bonchev–Trinajstić information content (AvgIpc) is 2.61. The number of aromatic nitrogens is 1. The zero-order chi connectivity index (χ0) is 11.7. The Kier molecular flexibility index (Phi) is 2.94. The molecule has 1 aromatic heterocycles. The minimum Gasteiger partial charge on any atom is -0.365 e. The maximum absolute atomic E-state index is 11.1. The van der Waals surface area contributed by atoms with Crippen LogP contribution in [-0.2, 0) is 0 Å². The third-order valence-corrected chi connectivity index (χ3v) is 3.58. The van der Waals surface area contributed by atoms with E-state index in [2.05, 4.69) is 4.98 Å². The zero-order valence-corrected chi connectivity index (χ0v) is 10.1. The van der Waals surface area contributed by atoms with Gasteiger partial charge in [0.1, 0.15) is 9.88 Å².